The predicted octanol–water partition coefficient (Wildman–Crippen LogP) is 3.01. The SMILES string of the molecule is COc1ccc2nc(CC3CCCN(C(C)C)C3)cn2c1. The number of aromatic nitrogens is 2. The van der Waals surface area contributed by atoms with E-state index in [-0.39, 0.29) is 0 Å². The number of piperidine rings is 1. The van der Waals surface area contributed by atoms with Gasteiger partial charge in [-0.25, -0.2) is 4.98 Å². The molecular formula is C17H25N3O. The molecule has 21 heavy (non-hydrogen) atoms. The molecule has 1 aliphatic heterocycles. The molecule has 0 bridgehead atoms. The van der Waals surface area contributed by atoms with Gasteiger partial charge in [-0.3, -0.25) is 0 Å². The van der Waals surface area contributed by atoms with E-state index in [2.05, 4.69) is 29.3 Å². The Labute approximate surface area is 126 Å². The van der Waals surface area contributed by atoms with Crippen LogP contribution in [0.15, 0.2) is 24.5 Å². The van der Waals surface area contributed by atoms with E-state index in [1.54, 1.807) is 7.11 Å². The summed E-state index contributed by atoms with van der Waals surface area (Å²) < 4.78 is 7.33. The number of likely N-dealkylation sites (tertiary alicyclic amines) is 1. The molecule has 1 aliphatic rings. The zero-order valence-corrected chi connectivity index (χ0v) is 13.2. The first kappa shape index (κ1) is 14.4. The second kappa shape index (κ2) is 6.06. The van der Waals surface area contributed by atoms with Crippen LogP contribution in [0.3, 0.4) is 0 Å². The molecule has 0 amide bonds. The number of hydrogen-bond acceptors (Lipinski definition) is 3. The standard InChI is InChI=1S/C17H25N3O/c1-13(2)19-8-4-5-14(10-19)9-15-11-20-12-16(21-3)6-7-17(20)18-15/h6-7,11-14H,4-5,8-10H2,1-3H3. The van der Waals surface area contributed by atoms with Crippen LogP contribution in [0.4, 0.5) is 0 Å². The van der Waals surface area contributed by atoms with Gasteiger partial charge in [0.1, 0.15) is 11.4 Å². The Kier molecular flexibility index (Phi) is 4.15. The Hall–Kier alpha value is -1.55. The minimum Gasteiger partial charge on any atom is -0.495 e. The number of fused-ring (bicyclic) bond motifs is 1. The van der Waals surface area contributed by atoms with Crippen molar-refractivity contribution in [2.45, 2.75) is 39.2 Å². The molecule has 0 N–H and O–H groups in total. The topological polar surface area (TPSA) is 29.8 Å². The summed E-state index contributed by atoms with van der Waals surface area (Å²) in [6, 6.07) is 4.63. The van der Waals surface area contributed by atoms with Gasteiger partial charge in [-0.2, -0.15) is 0 Å². The Balaban J connectivity index is 1.72. The number of rotatable bonds is 4. The van der Waals surface area contributed by atoms with Gasteiger partial charge in [0.25, 0.3) is 0 Å². The predicted molar refractivity (Wildman–Crippen MR) is 84.9 cm³/mol. The number of nitrogens with zero attached hydrogens (tertiary/aromatic N) is 3. The second-order valence-electron chi connectivity index (χ2n) is 6.37. The van der Waals surface area contributed by atoms with Crippen LogP contribution in [-0.2, 0) is 6.42 Å². The molecule has 0 radical (unpaired) electrons. The van der Waals surface area contributed by atoms with Crippen LogP contribution in [0.25, 0.3) is 5.65 Å². The zero-order chi connectivity index (χ0) is 14.8. The lowest BCUT2D eigenvalue weighted by Gasteiger charge is -2.35. The minimum atomic E-state index is 0.651. The summed E-state index contributed by atoms with van der Waals surface area (Å²) in [6.07, 6.45) is 7.84. The van der Waals surface area contributed by atoms with Crippen LogP contribution in [0.5, 0.6) is 5.75 Å². The van der Waals surface area contributed by atoms with Crippen molar-refractivity contribution in [1.29, 1.82) is 0 Å². The van der Waals surface area contributed by atoms with Crippen LogP contribution in [0.2, 0.25) is 0 Å². The van der Waals surface area contributed by atoms with Gasteiger partial charge in [-0.15, -0.1) is 0 Å². The monoisotopic (exact) mass is 287 g/mol. The Bertz CT molecular complexity index is 605. The van der Waals surface area contributed by atoms with Gasteiger partial charge in [0.15, 0.2) is 0 Å². The normalized spacial score (nSPS) is 20.3. The van der Waals surface area contributed by atoms with E-state index >= 15 is 0 Å². The number of hydrogen-bond donors (Lipinski definition) is 0. The molecule has 1 unspecified atom stereocenters. The molecule has 2 aromatic rings. The third-order valence-corrected chi connectivity index (χ3v) is 4.49. The van der Waals surface area contributed by atoms with Crippen molar-refractivity contribution >= 4 is 5.65 Å². The van der Waals surface area contributed by atoms with Gasteiger partial charge in [0, 0.05) is 18.8 Å². The Morgan fingerprint density at radius 3 is 2.95 bits per heavy atom. The first-order chi connectivity index (χ1) is 10.2. The van der Waals surface area contributed by atoms with Crippen molar-refractivity contribution in [3.8, 4) is 5.75 Å². The van der Waals surface area contributed by atoms with Gasteiger partial charge in [-0.05, 0) is 57.7 Å². The summed E-state index contributed by atoms with van der Waals surface area (Å²) in [5.74, 6) is 1.60. The van der Waals surface area contributed by atoms with Crippen molar-refractivity contribution in [1.82, 2.24) is 14.3 Å². The number of methoxy groups -OCH3 is 1. The van der Waals surface area contributed by atoms with E-state index in [4.69, 9.17) is 9.72 Å². The van der Waals surface area contributed by atoms with Gasteiger partial charge >= 0.3 is 0 Å². The summed E-state index contributed by atoms with van der Waals surface area (Å²) in [6.45, 7) is 7.03. The lowest BCUT2D eigenvalue weighted by Crippen LogP contribution is -2.40. The molecule has 114 valence electrons. The summed E-state index contributed by atoms with van der Waals surface area (Å²) in [5, 5.41) is 0. The van der Waals surface area contributed by atoms with Gasteiger partial charge in [0.05, 0.1) is 19.0 Å². The molecule has 1 fully saturated rings. The van der Waals surface area contributed by atoms with Crippen LogP contribution in [-0.4, -0.2) is 40.5 Å². The second-order valence-corrected chi connectivity index (χ2v) is 6.37. The largest absolute Gasteiger partial charge is 0.495 e. The van der Waals surface area contributed by atoms with Crippen LogP contribution >= 0.6 is 0 Å². The van der Waals surface area contributed by atoms with E-state index in [9.17, 15) is 0 Å². The third-order valence-electron chi connectivity index (χ3n) is 4.49. The number of imidazole rings is 1. The highest BCUT2D eigenvalue weighted by atomic mass is 16.5. The highest BCUT2D eigenvalue weighted by Crippen LogP contribution is 2.22. The quantitative estimate of drug-likeness (QED) is 0.866. The first-order valence-electron chi connectivity index (χ1n) is 7.91. The summed E-state index contributed by atoms with van der Waals surface area (Å²) in [5.41, 5.74) is 2.20. The van der Waals surface area contributed by atoms with Crippen LogP contribution < -0.4 is 4.74 Å². The molecule has 1 atom stereocenters. The fourth-order valence-electron chi connectivity index (χ4n) is 3.27. The maximum absolute atomic E-state index is 5.27. The molecule has 1 saturated heterocycles. The molecular weight excluding hydrogens is 262 g/mol. The van der Waals surface area contributed by atoms with Crippen LogP contribution in [0.1, 0.15) is 32.4 Å². The lowest BCUT2D eigenvalue weighted by molar-refractivity contribution is 0.139. The Morgan fingerprint density at radius 2 is 2.19 bits per heavy atom. The minimum absolute atomic E-state index is 0.651. The molecule has 0 saturated carbocycles. The first-order valence-corrected chi connectivity index (χ1v) is 7.91. The van der Waals surface area contributed by atoms with Crippen molar-refractivity contribution in [3.63, 3.8) is 0 Å². The smallest absolute Gasteiger partial charge is 0.137 e. The number of ether oxygens (including phenoxy) is 1. The average molecular weight is 287 g/mol. The molecule has 0 aromatic carbocycles. The van der Waals surface area contributed by atoms with Crippen molar-refractivity contribution in [2.75, 3.05) is 20.2 Å². The fraction of sp³-hybridized carbons (Fsp3) is 0.588. The maximum Gasteiger partial charge on any atom is 0.137 e. The fourth-order valence-corrected chi connectivity index (χ4v) is 3.27. The van der Waals surface area contributed by atoms with E-state index in [1.807, 2.05) is 18.3 Å². The molecule has 0 spiro atoms. The summed E-state index contributed by atoms with van der Waals surface area (Å²) >= 11 is 0. The van der Waals surface area contributed by atoms with Crippen LogP contribution in [0, 0.1) is 5.92 Å². The molecule has 0 aliphatic carbocycles. The molecule has 3 heterocycles. The molecule has 4 heteroatoms. The van der Waals surface area contributed by atoms with Gasteiger partial charge in [-0.1, -0.05) is 0 Å². The van der Waals surface area contributed by atoms with Gasteiger partial charge < -0.3 is 14.0 Å². The third kappa shape index (κ3) is 3.21. The lowest BCUT2D eigenvalue weighted by atomic mass is 9.93. The molecule has 3 rings (SSSR count). The Morgan fingerprint density at radius 1 is 1.33 bits per heavy atom. The van der Waals surface area contributed by atoms with Crippen molar-refractivity contribution in [3.05, 3.63) is 30.2 Å². The highest BCUT2D eigenvalue weighted by Gasteiger charge is 2.22. The van der Waals surface area contributed by atoms with E-state index in [0.717, 1.165) is 23.7 Å². The van der Waals surface area contributed by atoms with Crippen molar-refractivity contribution < 1.29 is 4.74 Å². The van der Waals surface area contributed by atoms with E-state index in [1.165, 1.54) is 31.6 Å². The summed E-state index contributed by atoms with van der Waals surface area (Å²) in [4.78, 5) is 7.33. The zero-order valence-electron chi connectivity index (χ0n) is 13.2. The number of pyridine rings is 1. The van der Waals surface area contributed by atoms with Gasteiger partial charge in [0.2, 0.25) is 0 Å². The maximum atomic E-state index is 5.27. The van der Waals surface area contributed by atoms with E-state index < -0.39 is 0 Å². The summed E-state index contributed by atoms with van der Waals surface area (Å²) in [7, 11) is 1.70. The molecule has 4 nitrogen and oxygen atoms in total. The average Bonchev–Trinajstić information content (AvgIpc) is 2.88. The molecule has 2 aromatic heterocycles. The highest BCUT2D eigenvalue weighted by molar-refractivity contribution is 5.43. The van der Waals surface area contributed by atoms with E-state index in [0.29, 0.717) is 6.04 Å². The van der Waals surface area contributed by atoms with Crippen molar-refractivity contribution in [2.24, 2.45) is 5.92 Å².